The summed E-state index contributed by atoms with van der Waals surface area (Å²) < 4.78 is 6.06. The van der Waals surface area contributed by atoms with Gasteiger partial charge in [-0.3, -0.25) is 0 Å². The molecule has 0 amide bonds. The maximum Gasteiger partial charge on any atom is 0.287 e. The zero-order valence-electron chi connectivity index (χ0n) is 11.5. The Labute approximate surface area is 105 Å². The number of hydrogen-bond acceptors (Lipinski definition) is 2. The van der Waals surface area contributed by atoms with Gasteiger partial charge in [-0.25, -0.2) is 4.99 Å². The molecule has 0 N–H and O–H groups in total. The fraction of sp³-hybridized carbons (Fsp3) is 0.929. The van der Waals surface area contributed by atoms with Gasteiger partial charge in [-0.05, 0) is 25.7 Å². The smallest absolute Gasteiger partial charge is 0.287 e. The summed E-state index contributed by atoms with van der Waals surface area (Å²) in [7, 11) is 1.84. The summed E-state index contributed by atoms with van der Waals surface area (Å²) >= 11 is 0. The van der Waals surface area contributed by atoms with Gasteiger partial charge >= 0.3 is 0 Å². The average molecular weight is 238 g/mol. The highest BCUT2D eigenvalue weighted by Crippen LogP contribution is 2.31. The lowest BCUT2D eigenvalue weighted by atomic mass is 9.95. The van der Waals surface area contributed by atoms with Crippen LogP contribution in [0.3, 0.4) is 0 Å². The second-order valence-corrected chi connectivity index (χ2v) is 5.49. The Kier molecular flexibility index (Phi) is 4.30. The van der Waals surface area contributed by atoms with E-state index in [-0.39, 0.29) is 0 Å². The molecule has 0 radical (unpaired) electrons. The molecule has 1 aliphatic carbocycles. The van der Waals surface area contributed by atoms with Crippen LogP contribution in [0.2, 0.25) is 0 Å². The van der Waals surface area contributed by atoms with Crippen LogP contribution in [-0.4, -0.2) is 36.7 Å². The minimum atomic E-state index is 0.377. The molecule has 2 fully saturated rings. The molecule has 1 aliphatic heterocycles. The zero-order chi connectivity index (χ0) is 12.3. The second kappa shape index (κ2) is 5.74. The zero-order valence-corrected chi connectivity index (χ0v) is 11.5. The van der Waals surface area contributed by atoms with Crippen LogP contribution < -0.4 is 0 Å². The Morgan fingerprint density at radius 3 is 2.76 bits per heavy atom. The van der Waals surface area contributed by atoms with E-state index in [2.05, 4.69) is 23.7 Å². The van der Waals surface area contributed by atoms with E-state index >= 15 is 0 Å². The van der Waals surface area contributed by atoms with Crippen LogP contribution in [0, 0.1) is 5.92 Å². The molecule has 17 heavy (non-hydrogen) atoms. The minimum absolute atomic E-state index is 0.377. The summed E-state index contributed by atoms with van der Waals surface area (Å²) in [4.78, 5) is 6.66. The van der Waals surface area contributed by atoms with E-state index in [1.807, 2.05) is 7.05 Å². The Hall–Kier alpha value is -0.730. The van der Waals surface area contributed by atoms with E-state index in [1.54, 1.807) is 0 Å². The second-order valence-electron chi connectivity index (χ2n) is 5.49. The number of aliphatic imine (C=N–C) groups is 1. The van der Waals surface area contributed by atoms with E-state index in [4.69, 9.17) is 4.74 Å². The molecule has 1 saturated carbocycles. The molecule has 98 valence electrons. The highest BCUT2D eigenvalue weighted by Gasteiger charge is 2.39. The number of likely N-dealkylation sites (N-methyl/N-ethyl adjacent to an activating group) is 1. The number of nitrogens with zero attached hydrogens (tertiary/aromatic N) is 2. The van der Waals surface area contributed by atoms with Crippen molar-refractivity contribution in [2.24, 2.45) is 10.9 Å². The van der Waals surface area contributed by atoms with Crippen molar-refractivity contribution in [1.29, 1.82) is 0 Å². The Morgan fingerprint density at radius 2 is 2.06 bits per heavy atom. The van der Waals surface area contributed by atoms with Crippen LogP contribution in [-0.2, 0) is 4.74 Å². The molecule has 0 bridgehead atoms. The molecule has 1 saturated heterocycles. The van der Waals surface area contributed by atoms with Crippen molar-refractivity contribution in [3.05, 3.63) is 0 Å². The fourth-order valence-corrected chi connectivity index (χ4v) is 3.26. The van der Waals surface area contributed by atoms with Gasteiger partial charge in [-0.1, -0.05) is 32.6 Å². The molecule has 0 spiro atoms. The Bertz CT molecular complexity index is 277. The number of fused-ring (bicyclic) bond motifs is 1. The van der Waals surface area contributed by atoms with Crippen molar-refractivity contribution in [3.8, 4) is 0 Å². The summed E-state index contributed by atoms with van der Waals surface area (Å²) in [5.74, 6) is 0.788. The van der Waals surface area contributed by atoms with Crippen molar-refractivity contribution in [2.75, 3.05) is 13.6 Å². The van der Waals surface area contributed by atoms with Crippen molar-refractivity contribution in [1.82, 2.24) is 4.90 Å². The van der Waals surface area contributed by atoms with Crippen LogP contribution in [0.4, 0.5) is 0 Å². The number of ether oxygens (including phenoxy) is 1. The van der Waals surface area contributed by atoms with E-state index in [0.29, 0.717) is 12.1 Å². The largest absolute Gasteiger partial charge is 0.460 e. The third-order valence-corrected chi connectivity index (χ3v) is 4.20. The van der Waals surface area contributed by atoms with Gasteiger partial charge in [0.25, 0.3) is 6.02 Å². The van der Waals surface area contributed by atoms with Crippen LogP contribution in [0.1, 0.15) is 52.4 Å². The molecule has 3 atom stereocenters. The molecule has 3 unspecified atom stereocenters. The van der Waals surface area contributed by atoms with Crippen LogP contribution in [0.5, 0.6) is 0 Å². The summed E-state index contributed by atoms with van der Waals surface area (Å²) in [6.45, 7) is 5.58. The first-order chi connectivity index (χ1) is 8.26. The Morgan fingerprint density at radius 1 is 1.29 bits per heavy atom. The third kappa shape index (κ3) is 2.75. The maximum absolute atomic E-state index is 6.06. The van der Waals surface area contributed by atoms with Gasteiger partial charge in [-0.15, -0.1) is 0 Å². The predicted octanol–water partition coefficient (Wildman–Crippen LogP) is 3.05. The standard InChI is InChI=1S/C14H26N2O/c1-4-16-12-9-7-5-6-8-11(2)10-13(12)17-14(16)15-3/h11-13H,4-10H2,1-3H3/b15-14+. The van der Waals surface area contributed by atoms with Crippen molar-refractivity contribution >= 4 is 6.02 Å². The molecular weight excluding hydrogens is 212 g/mol. The van der Waals surface area contributed by atoms with Crippen LogP contribution in [0.25, 0.3) is 0 Å². The maximum atomic E-state index is 6.06. The number of amidine groups is 1. The summed E-state index contributed by atoms with van der Waals surface area (Å²) in [5.41, 5.74) is 0. The molecular formula is C14H26N2O. The van der Waals surface area contributed by atoms with Crippen molar-refractivity contribution in [3.63, 3.8) is 0 Å². The molecule has 3 heteroatoms. The first-order valence-electron chi connectivity index (χ1n) is 7.16. The number of rotatable bonds is 1. The lowest BCUT2D eigenvalue weighted by molar-refractivity contribution is 0.153. The van der Waals surface area contributed by atoms with Crippen LogP contribution >= 0.6 is 0 Å². The predicted molar refractivity (Wildman–Crippen MR) is 71.3 cm³/mol. The van der Waals surface area contributed by atoms with E-state index < -0.39 is 0 Å². The van der Waals surface area contributed by atoms with Crippen molar-refractivity contribution in [2.45, 2.75) is 64.5 Å². The van der Waals surface area contributed by atoms with Gasteiger partial charge in [-0.2, -0.15) is 0 Å². The molecule has 0 aromatic carbocycles. The number of hydrogen-bond donors (Lipinski definition) is 0. The minimum Gasteiger partial charge on any atom is -0.460 e. The quantitative estimate of drug-likeness (QED) is 0.701. The summed E-state index contributed by atoms with van der Waals surface area (Å²) in [6.07, 6.45) is 8.30. The van der Waals surface area contributed by atoms with Crippen LogP contribution in [0.15, 0.2) is 4.99 Å². The van der Waals surface area contributed by atoms with E-state index in [0.717, 1.165) is 18.5 Å². The normalized spacial score (nSPS) is 37.0. The van der Waals surface area contributed by atoms with Gasteiger partial charge in [0.05, 0.1) is 6.04 Å². The molecule has 1 heterocycles. The summed E-state index contributed by atoms with van der Waals surface area (Å²) in [6, 6.07) is 1.44. The van der Waals surface area contributed by atoms with E-state index in [1.165, 1.54) is 38.5 Å². The average Bonchev–Trinajstić information content (AvgIpc) is 2.68. The highest BCUT2D eigenvalue weighted by atomic mass is 16.5. The highest BCUT2D eigenvalue weighted by molar-refractivity contribution is 5.76. The topological polar surface area (TPSA) is 24.8 Å². The molecule has 0 aromatic heterocycles. The SMILES string of the molecule is CCN1/C(=N\C)OC2CC(C)CCCCCC21. The van der Waals surface area contributed by atoms with Gasteiger partial charge in [0.15, 0.2) is 0 Å². The Balaban J connectivity index is 2.12. The fourth-order valence-electron chi connectivity index (χ4n) is 3.26. The van der Waals surface area contributed by atoms with E-state index in [9.17, 15) is 0 Å². The van der Waals surface area contributed by atoms with Gasteiger partial charge in [0, 0.05) is 13.6 Å². The molecule has 3 nitrogen and oxygen atoms in total. The lowest BCUT2D eigenvalue weighted by Crippen LogP contribution is -2.37. The molecule has 2 aliphatic rings. The lowest BCUT2D eigenvalue weighted by Gasteiger charge is -2.24. The molecule has 2 rings (SSSR count). The first kappa shape index (κ1) is 12.7. The molecule has 0 aromatic rings. The summed E-state index contributed by atoms with van der Waals surface area (Å²) in [5, 5.41) is 0. The third-order valence-electron chi connectivity index (χ3n) is 4.20. The van der Waals surface area contributed by atoms with Gasteiger partial charge < -0.3 is 9.64 Å². The van der Waals surface area contributed by atoms with Gasteiger partial charge in [0.1, 0.15) is 6.10 Å². The van der Waals surface area contributed by atoms with Gasteiger partial charge in [0.2, 0.25) is 0 Å². The first-order valence-corrected chi connectivity index (χ1v) is 7.16. The van der Waals surface area contributed by atoms with Crippen molar-refractivity contribution < 1.29 is 4.74 Å². The monoisotopic (exact) mass is 238 g/mol.